The number of aliphatic hydroxyl groups excluding tert-OH is 1. The summed E-state index contributed by atoms with van der Waals surface area (Å²) >= 11 is 0. The van der Waals surface area contributed by atoms with Crippen molar-refractivity contribution in [2.45, 2.75) is 26.9 Å². The van der Waals surface area contributed by atoms with Gasteiger partial charge in [-0.1, -0.05) is 26.8 Å². The number of hydrogen-bond acceptors (Lipinski definition) is 4. The summed E-state index contributed by atoms with van der Waals surface area (Å²) in [5.74, 6) is 0.0537. The van der Waals surface area contributed by atoms with Crippen LogP contribution in [0.4, 0.5) is 0 Å². The molecule has 1 aliphatic heterocycles. The van der Waals surface area contributed by atoms with Gasteiger partial charge >= 0.3 is 0 Å². The van der Waals surface area contributed by atoms with Gasteiger partial charge in [0.1, 0.15) is 0 Å². The van der Waals surface area contributed by atoms with Crippen molar-refractivity contribution in [3.8, 4) is 0 Å². The van der Waals surface area contributed by atoms with Crippen LogP contribution in [0.5, 0.6) is 0 Å². The van der Waals surface area contributed by atoms with Crippen LogP contribution in [0, 0.1) is 5.41 Å². The number of H-pyrrole nitrogens is 1. The highest BCUT2D eigenvalue weighted by Gasteiger charge is 2.28. The number of nitrogens with one attached hydrogen (secondary N) is 1. The van der Waals surface area contributed by atoms with Crippen molar-refractivity contribution < 1.29 is 9.90 Å². The number of piperazine rings is 1. The summed E-state index contributed by atoms with van der Waals surface area (Å²) in [6, 6.07) is 5.66. The molecule has 2 heterocycles. The van der Waals surface area contributed by atoms with Gasteiger partial charge in [0.2, 0.25) is 0 Å². The first-order chi connectivity index (χ1) is 11.4. The third-order valence-electron chi connectivity index (χ3n) is 4.81. The lowest BCUT2D eigenvalue weighted by Crippen LogP contribution is -2.51. The predicted octanol–water partition coefficient (Wildman–Crippen LogP) is 1.73. The number of aromatic nitrogens is 2. The molecule has 1 amide bonds. The topological polar surface area (TPSA) is 72.5 Å². The minimum absolute atomic E-state index is 0.0537. The lowest BCUT2D eigenvalue weighted by molar-refractivity contribution is 0.0137. The molecule has 6 nitrogen and oxygen atoms in total. The number of aromatic amines is 1. The van der Waals surface area contributed by atoms with Crippen LogP contribution in [0.15, 0.2) is 24.4 Å². The maximum absolute atomic E-state index is 12.8. The van der Waals surface area contributed by atoms with E-state index in [1.165, 1.54) is 0 Å². The van der Waals surface area contributed by atoms with Crippen LogP contribution in [0.1, 0.15) is 31.1 Å². The van der Waals surface area contributed by atoms with Gasteiger partial charge in [0.25, 0.3) is 5.91 Å². The largest absolute Gasteiger partial charge is 0.391 e. The number of amides is 1. The number of nitrogens with zero attached hydrogens (tertiary/aromatic N) is 3. The average Bonchev–Trinajstić information content (AvgIpc) is 3.02. The molecule has 1 aromatic heterocycles. The van der Waals surface area contributed by atoms with Crippen molar-refractivity contribution >= 4 is 16.8 Å². The Balaban J connectivity index is 1.62. The molecule has 1 aliphatic rings. The molecule has 0 radical (unpaired) electrons. The third-order valence-corrected chi connectivity index (χ3v) is 4.81. The Morgan fingerprint density at radius 3 is 2.67 bits per heavy atom. The van der Waals surface area contributed by atoms with Gasteiger partial charge in [-0.15, -0.1) is 0 Å². The number of carbonyl (C=O) groups excluding carboxylic acids is 1. The Hall–Kier alpha value is -1.92. The Labute approximate surface area is 142 Å². The molecule has 0 spiro atoms. The third kappa shape index (κ3) is 3.44. The highest BCUT2D eigenvalue weighted by molar-refractivity contribution is 6.06. The van der Waals surface area contributed by atoms with Gasteiger partial charge in [-0.2, -0.15) is 5.10 Å². The maximum atomic E-state index is 12.8. The van der Waals surface area contributed by atoms with Gasteiger partial charge in [0.05, 0.1) is 23.4 Å². The zero-order valence-electron chi connectivity index (χ0n) is 14.6. The molecule has 24 heavy (non-hydrogen) atoms. The van der Waals surface area contributed by atoms with Gasteiger partial charge in [-0.25, -0.2) is 0 Å². The number of β-amino-alcohol motifs (C(OH)–C–C–N with tert-alkyl or cyclic N) is 1. The molecule has 1 atom stereocenters. The second-order valence-electron chi connectivity index (χ2n) is 7.61. The molecule has 130 valence electrons. The number of fused-ring (bicyclic) bond motifs is 1. The molecule has 6 heteroatoms. The first-order valence-electron chi connectivity index (χ1n) is 8.48. The van der Waals surface area contributed by atoms with Gasteiger partial charge < -0.3 is 10.0 Å². The number of aliphatic hydroxyl groups is 1. The van der Waals surface area contributed by atoms with E-state index in [2.05, 4.69) is 15.1 Å². The van der Waals surface area contributed by atoms with E-state index in [1.807, 2.05) is 43.9 Å². The minimum Gasteiger partial charge on any atom is -0.391 e. The Kier molecular flexibility index (Phi) is 4.60. The van der Waals surface area contributed by atoms with E-state index < -0.39 is 0 Å². The Morgan fingerprint density at radius 2 is 2.00 bits per heavy atom. The first-order valence-corrected chi connectivity index (χ1v) is 8.48. The molecule has 1 aromatic carbocycles. The summed E-state index contributed by atoms with van der Waals surface area (Å²) in [6.07, 6.45) is 1.35. The number of rotatable bonds is 3. The standard InChI is InChI=1S/C18H26N4O2/c1-18(2,3)16(23)12-21-7-9-22(10-8-21)17(24)13-5-4-6-15-14(13)11-19-20-15/h4-6,11,16,23H,7-10,12H2,1-3H3,(H,19,20). The van der Waals surface area contributed by atoms with E-state index in [0.29, 0.717) is 25.2 Å². The van der Waals surface area contributed by atoms with Crippen LogP contribution in [0.2, 0.25) is 0 Å². The Bertz CT molecular complexity index is 711. The normalized spacial score (nSPS) is 18.1. The average molecular weight is 330 g/mol. The van der Waals surface area contributed by atoms with Crippen molar-refractivity contribution in [1.29, 1.82) is 0 Å². The van der Waals surface area contributed by atoms with Gasteiger partial charge in [0, 0.05) is 38.1 Å². The zero-order chi connectivity index (χ0) is 17.3. The van der Waals surface area contributed by atoms with E-state index >= 15 is 0 Å². The van der Waals surface area contributed by atoms with Crippen molar-refractivity contribution in [1.82, 2.24) is 20.0 Å². The van der Waals surface area contributed by atoms with E-state index in [9.17, 15) is 9.90 Å². The molecule has 3 rings (SSSR count). The van der Waals surface area contributed by atoms with Crippen LogP contribution in [-0.2, 0) is 0 Å². The predicted molar refractivity (Wildman–Crippen MR) is 93.9 cm³/mol. The van der Waals surface area contributed by atoms with E-state index in [4.69, 9.17) is 0 Å². The van der Waals surface area contributed by atoms with E-state index in [0.717, 1.165) is 24.0 Å². The zero-order valence-corrected chi connectivity index (χ0v) is 14.6. The van der Waals surface area contributed by atoms with Crippen molar-refractivity contribution in [2.24, 2.45) is 5.41 Å². The summed E-state index contributed by atoms with van der Waals surface area (Å²) in [4.78, 5) is 16.9. The van der Waals surface area contributed by atoms with E-state index in [-0.39, 0.29) is 17.4 Å². The highest BCUT2D eigenvalue weighted by Crippen LogP contribution is 2.21. The van der Waals surface area contributed by atoms with Crippen LogP contribution < -0.4 is 0 Å². The van der Waals surface area contributed by atoms with Gasteiger partial charge in [-0.3, -0.25) is 14.8 Å². The number of benzene rings is 1. The molecule has 1 unspecified atom stereocenters. The summed E-state index contributed by atoms with van der Waals surface area (Å²) in [5.41, 5.74) is 1.46. The summed E-state index contributed by atoms with van der Waals surface area (Å²) in [7, 11) is 0. The van der Waals surface area contributed by atoms with Crippen LogP contribution in [0.25, 0.3) is 10.9 Å². The van der Waals surface area contributed by atoms with E-state index in [1.54, 1.807) is 6.20 Å². The van der Waals surface area contributed by atoms with Crippen molar-refractivity contribution in [2.75, 3.05) is 32.7 Å². The number of hydrogen-bond donors (Lipinski definition) is 2. The smallest absolute Gasteiger partial charge is 0.254 e. The molecule has 0 aliphatic carbocycles. The molecule has 1 saturated heterocycles. The first kappa shape index (κ1) is 16.9. The summed E-state index contributed by atoms with van der Waals surface area (Å²) in [5, 5.41) is 18.1. The van der Waals surface area contributed by atoms with Crippen LogP contribution >= 0.6 is 0 Å². The second-order valence-corrected chi connectivity index (χ2v) is 7.61. The molecule has 2 N–H and O–H groups in total. The van der Waals surface area contributed by atoms with Gasteiger partial charge in [-0.05, 0) is 17.5 Å². The van der Waals surface area contributed by atoms with Crippen molar-refractivity contribution in [3.63, 3.8) is 0 Å². The lowest BCUT2D eigenvalue weighted by atomic mass is 9.89. The monoisotopic (exact) mass is 330 g/mol. The number of carbonyl (C=O) groups is 1. The summed E-state index contributed by atoms with van der Waals surface area (Å²) < 4.78 is 0. The molecule has 0 saturated carbocycles. The molecule has 2 aromatic rings. The molecule has 1 fully saturated rings. The van der Waals surface area contributed by atoms with Crippen molar-refractivity contribution in [3.05, 3.63) is 30.0 Å². The minimum atomic E-state index is -0.362. The highest BCUT2D eigenvalue weighted by atomic mass is 16.3. The van der Waals surface area contributed by atoms with Gasteiger partial charge in [0.15, 0.2) is 0 Å². The fourth-order valence-corrected chi connectivity index (χ4v) is 2.98. The maximum Gasteiger partial charge on any atom is 0.254 e. The van der Waals surface area contributed by atoms with Crippen LogP contribution in [0.3, 0.4) is 0 Å². The fraction of sp³-hybridized carbons (Fsp3) is 0.556. The Morgan fingerprint density at radius 1 is 1.29 bits per heavy atom. The second kappa shape index (κ2) is 6.53. The quantitative estimate of drug-likeness (QED) is 0.899. The van der Waals surface area contributed by atoms with Crippen LogP contribution in [-0.4, -0.2) is 69.8 Å². The SMILES string of the molecule is CC(C)(C)C(O)CN1CCN(C(=O)c2cccc3[nH]ncc23)CC1. The summed E-state index contributed by atoms with van der Waals surface area (Å²) in [6.45, 7) is 9.74. The lowest BCUT2D eigenvalue weighted by Gasteiger charge is -2.38. The molecular weight excluding hydrogens is 304 g/mol. The molecule has 0 bridgehead atoms. The fourth-order valence-electron chi connectivity index (χ4n) is 2.98. The molecular formula is C18H26N4O2.